The molecule has 126 valence electrons. The van der Waals surface area contributed by atoms with Gasteiger partial charge in [0.25, 0.3) is 0 Å². The first kappa shape index (κ1) is 17.2. The van der Waals surface area contributed by atoms with Gasteiger partial charge in [0.05, 0.1) is 26.3 Å². The normalized spacial score (nSPS) is 20.9. The molecule has 0 aliphatic carbocycles. The van der Waals surface area contributed by atoms with Crippen molar-refractivity contribution in [3.63, 3.8) is 0 Å². The predicted molar refractivity (Wildman–Crippen MR) is 83.6 cm³/mol. The highest BCUT2D eigenvalue weighted by Gasteiger charge is 2.24. The molecule has 0 spiro atoms. The highest BCUT2D eigenvalue weighted by Crippen LogP contribution is 2.04. The van der Waals surface area contributed by atoms with Crippen LogP contribution in [0.4, 0.5) is 0 Å². The predicted octanol–water partition coefficient (Wildman–Crippen LogP) is -1.01. The van der Waals surface area contributed by atoms with Crippen LogP contribution in [0.25, 0.3) is 0 Å². The van der Waals surface area contributed by atoms with Crippen LogP contribution < -0.4 is 5.32 Å². The lowest BCUT2D eigenvalue weighted by atomic mass is 10.3. The minimum Gasteiger partial charge on any atom is -0.379 e. The lowest BCUT2D eigenvalue weighted by Crippen LogP contribution is -2.53. The number of carbonyl (C=O) groups excluding carboxylic acids is 2. The topological polar surface area (TPSA) is 65.1 Å². The number of morpholine rings is 1. The van der Waals surface area contributed by atoms with Crippen molar-refractivity contribution >= 4 is 11.8 Å². The summed E-state index contributed by atoms with van der Waals surface area (Å²) in [5.41, 5.74) is 0. The van der Waals surface area contributed by atoms with Crippen molar-refractivity contribution in [1.29, 1.82) is 0 Å². The van der Waals surface area contributed by atoms with E-state index in [9.17, 15) is 9.59 Å². The quantitative estimate of drug-likeness (QED) is 0.681. The molecular formula is C15H28N4O3. The summed E-state index contributed by atoms with van der Waals surface area (Å²) in [6.45, 7) is 9.77. The Hall–Kier alpha value is -1.18. The van der Waals surface area contributed by atoms with Crippen molar-refractivity contribution in [1.82, 2.24) is 20.0 Å². The van der Waals surface area contributed by atoms with Crippen molar-refractivity contribution in [3.05, 3.63) is 0 Å². The van der Waals surface area contributed by atoms with Crippen LogP contribution >= 0.6 is 0 Å². The highest BCUT2D eigenvalue weighted by molar-refractivity contribution is 5.79. The van der Waals surface area contributed by atoms with E-state index in [1.165, 1.54) is 0 Å². The first-order chi connectivity index (χ1) is 10.7. The summed E-state index contributed by atoms with van der Waals surface area (Å²) < 4.78 is 5.29. The van der Waals surface area contributed by atoms with Gasteiger partial charge in [0.2, 0.25) is 11.8 Å². The zero-order valence-corrected chi connectivity index (χ0v) is 13.6. The molecule has 0 radical (unpaired) electrons. The number of piperazine rings is 1. The Kier molecular flexibility index (Phi) is 7.08. The number of hydrogen-bond donors (Lipinski definition) is 1. The van der Waals surface area contributed by atoms with E-state index in [1.54, 1.807) is 0 Å². The largest absolute Gasteiger partial charge is 0.379 e. The lowest BCUT2D eigenvalue weighted by Gasteiger charge is -2.36. The molecular weight excluding hydrogens is 284 g/mol. The van der Waals surface area contributed by atoms with Gasteiger partial charge >= 0.3 is 0 Å². The number of ether oxygens (including phenoxy) is 1. The van der Waals surface area contributed by atoms with Crippen LogP contribution in [0.3, 0.4) is 0 Å². The Bertz CT molecular complexity index is 364. The fourth-order valence-electron chi connectivity index (χ4n) is 2.73. The Balaban J connectivity index is 1.65. The molecule has 0 saturated carbocycles. The Morgan fingerprint density at radius 3 is 2.23 bits per heavy atom. The molecule has 0 atom stereocenters. The molecule has 22 heavy (non-hydrogen) atoms. The summed E-state index contributed by atoms with van der Waals surface area (Å²) >= 11 is 0. The van der Waals surface area contributed by atoms with E-state index in [2.05, 4.69) is 15.1 Å². The fraction of sp³-hybridized carbons (Fsp3) is 0.867. The maximum absolute atomic E-state index is 12.3. The summed E-state index contributed by atoms with van der Waals surface area (Å²) in [6.07, 6.45) is 0.954. The van der Waals surface area contributed by atoms with Crippen molar-refractivity contribution in [2.45, 2.75) is 13.3 Å². The van der Waals surface area contributed by atoms with Crippen molar-refractivity contribution in [2.75, 3.05) is 72.1 Å². The van der Waals surface area contributed by atoms with E-state index >= 15 is 0 Å². The number of nitrogens with one attached hydrogen (secondary N) is 1. The number of nitrogens with zero attached hydrogens (tertiary/aromatic N) is 3. The van der Waals surface area contributed by atoms with Gasteiger partial charge in [0.15, 0.2) is 0 Å². The molecule has 2 rings (SSSR count). The highest BCUT2D eigenvalue weighted by atomic mass is 16.5. The lowest BCUT2D eigenvalue weighted by molar-refractivity contribution is -0.135. The maximum atomic E-state index is 12.3. The SMILES string of the molecule is CCCNC(=O)CN1CCN(C(=O)CN2CCOCC2)CC1. The standard InChI is InChI=1S/C15H28N4O3/c1-2-3-16-14(20)12-17-4-6-19(7-5-17)15(21)13-18-8-10-22-11-9-18/h2-13H2,1H3,(H,16,20). The molecule has 2 saturated heterocycles. The second kappa shape index (κ2) is 9.07. The van der Waals surface area contributed by atoms with E-state index in [0.29, 0.717) is 39.4 Å². The third-order valence-corrected chi connectivity index (χ3v) is 4.13. The van der Waals surface area contributed by atoms with Gasteiger partial charge in [0.1, 0.15) is 0 Å². The van der Waals surface area contributed by atoms with Crippen LogP contribution in [0, 0.1) is 0 Å². The first-order valence-corrected chi connectivity index (χ1v) is 8.26. The van der Waals surface area contributed by atoms with E-state index in [0.717, 1.165) is 39.1 Å². The van der Waals surface area contributed by atoms with Crippen LogP contribution in [0.5, 0.6) is 0 Å². The van der Waals surface area contributed by atoms with Gasteiger partial charge in [-0.15, -0.1) is 0 Å². The second-order valence-corrected chi connectivity index (χ2v) is 5.90. The van der Waals surface area contributed by atoms with E-state index in [-0.39, 0.29) is 11.8 Å². The minimum absolute atomic E-state index is 0.0787. The van der Waals surface area contributed by atoms with Gasteiger partial charge in [-0.25, -0.2) is 0 Å². The van der Waals surface area contributed by atoms with Crippen LogP contribution in [-0.4, -0.2) is 98.6 Å². The van der Waals surface area contributed by atoms with E-state index in [1.807, 2.05) is 11.8 Å². The molecule has 7 heteroatoms. The molecule has 2 aliphatic rings. The van der Waals surface area contributed by atoms with Crippen LogP contribution in [-0.2, 0) is 14.3 Å². The molecule has 0 aromatic carbocycles. The number of hydrogen-bond acceptors (Lipinski definition) is 5. The third kappa shape index (κ3) is 5.55. The molecule has 2 heterocycles. The number of rotatable bonds is 6. The van der Waals surface area contributed by atoms with Crippen molar-refractivity contribution in [2.24, 2.45) is 0 Å². The smallest absolute Gasteiger partial charge is 0.236 e. The molecule has 2 aliphatic heterocycles. The summed E-state index contributed by atoms with van der Waals surface area (Å²) in [7, 11) is 0. The average molecular weight is 312 g/mol. The van der Waals surface area contributed by atoms with Gasteiger partial charge < -0.3 is 15.0 Å². The molecule has 2 amide bonds. The van der Waals surface area contributed by atoms with Gasteiger partial charge in [-0.3, -0.25) is 19.4 Å². The summed E-state index contributed by atoms with van der Waals surface area (Å²) in [6, 6.07) is 0. The third-order valence-electron chi connectivity index (χ3n) is 4.13. The fourth-order valence-corrected chi connectivity index (χ4v) is 2.73. The van der Waals surface area contributed by atoms with Crippen molar-refractivity contribution < 1.29 is 14.3 Å². The van der Waals surface area contributed by atoms with Gasteiger partial charge in [-0.05, 0) is 6.42 Å². The Morgan fingerprint density at radius 1 is 0.955 bits per heavy atom. The molecule has 1 N–H and O–H groups in total. The molecule has 2 fully saturated rings. The van der Waals surface area contributed by atoms with Crippen LogP contribution in [0.2, 0.25) is 0 Å². The number of carbonyl (C=O) groups is 2. The molecule has 0 aromatic heterocycles. The van der Waals surface area contributed by atoms with Crippen molar-refractivity contribution in [3.8, 4) is 0 Å². The van der Waals surface area contributed by atoms with E-state index < -0.39 is 0 Å². The minimum atomic E-state index is 0.0787. The number of amides is 2. The summed E-state index contributed by atoms with van der Waals surface area (Å²) in [5.74, 6) is 0.270. The van der Waals surface area contributed by atoms with Crippen LogP contribution in [0.15, 0.2) is 0 Å². The summed E-state index contributed by atoms with van der Waals surface area (Å²) in [5, 5.41) is 2.89. The molecule has 7 nitrogen and oxygen atoms in total. The molecule has 0 bridgehead atoms. The van der Waals surface area contributed by atoms with Gasteiger partial charge in [-0.1, -0.05) is 6.92 Å². The zero-order chi connectivity index (χ0) is 15.8. The Morgan fingerprint density at radius 2 is 1.59 bits per heavy atom. The average Bonchev–Trinajstić information content (AvgIpc) is 2.54. The Labute approximate surface area is 132 Å². The van der Waals surface area contributed by atoms with Gasteiger partial charge in [0, 0.05) is 45.8 Å². The molecule has 0 unspecified atom stereocenters. The van der Waals surface area contributed by atoms with Gasteiger partial charge in [-0.2, -0.15) is 0 Å². The second-order valence-electron chi connectivity index (χ2n) is 5.90. The van der Waals surface area contributed by atoms with Crippen LogP contribution in [0.1, 0.15) is 13.3 Å². The van der Waals surface area contributed by atoms with E-state index in [4.69, 9.17) is 4.74 Å². The maximum Gasteiger partial charge on any atom is 0.236 e. The summed E-state index contributed by atoms with van der Waals surface area (Å²) in [4.78, 5) is 30.2. The first-order valence-electron chi connectivity index (χ1n) is 8.26. The molecule has 0 aromatic rings. The zero-order valence-electron chi connectivity index (χ0n) is 13.6. The monoisotopic (exact) mass is 312 g/mol.